The monoisotopic (exact) mass is 321 g/mol. The molecule has 0 fully saturated rings. The molecule has 0 spiro atoms. The minimum Gasteiger partial charge on any atom is -0.258 e. The van der Waals surface area contributed by atoms with E-state index in [9.17, 15) is 10.1 Å². The Morgan fingerprint density at radius 2 is 1.04 bits per heavy atom. The van der Waals surface area contributed by atoms with E-state index in [0.717, 1.165) is 43.1 Å². The standard InChI is InChI=1S/C22H11NO2/c24-23(25)17-11-10-15-9-8-14-7-6-13-5-4-12-2-1-3-16-18(12)19(13)20(14)21(15)22(16)17/h1-11H. The third-order valence-corrected chi connectivity index (χ3v) is 5.43. The van der Waals surface area contributed by atoms with Gasteiger partial charge in [0.25, 0.3) is 5.69 Å². The van der Waals surface area contributed by atoms with Crippen molar-refractivity contribution < 1.29 is 4.92 Å². The number of non-ortho nitro benzene ring substituents is 1. The molecule has 116 valence electrons. The van der Waals surface area contributed by atoms with Crippen LogP contribution in [-0.2, 0) is 0 Å². The van der Waals surface area contributed by atoms with Crippen LogP contribution in [0.4, 0.5) is 5.69 Å². The molecule has 6 aromatic carbocycles. The first kappa shape index (κ1) is 12.9. The lowest BCUT2D eigenvalue weighted by molar-refractivity contribution is -0.383. The lowest BCUT2D eigenvalue weighted by Gasteiger charge is -2.17. The second kappa shape index (κ2) is 4.14. The van der Waals surface area contributed by atoms with Gasteiger partial charge in [0.1, 0.15) is 0 Å². The summed E-state index contributed by atoms with van der Waals surface area (Å²) in [7, 11) is 0. The van der Waals surface area contributed by atoms with Gasteiger partial charge in [0.15, 0.2) is 0 Å². The third kappa shape index (κ3) is 1.42. The summed E-state index contributed by atoms with van der Waals surface area (Å²) >= 11 is 0. The molecule has 0 radical (unpaired) electrons. The Hall–Kier alpha value is -3.46. The molecule has 0 aliphatic rings. The van der Waals surface area contributed by atoms with Gasteiger partial charge in [-0.1, -0.05) is 54.6 Å². The smallest absolute Gasteiger partial charge is 0.258 e. The maximum Gasteiger partial charge on any atom is 0.277 e. The van der Waals surface area contributed by atoms with Crippen molar-refractivity contribution in [2.24, 2.45) is 0 Å². The van der Waals surface area contributed by atoms with Gasteiger partial charge in [-0.3, -0.25) is 10.1 Å². The average Bonchev–Trinajstić information content (AvgIpc) is 2.65. The molecule has 6 rings (SSSR count). The summed E-state index contributed by atoms with van der Waals surface area (Å²) in [6.45, 7) is 0. The SMILES string of the molecule is O=[N+]([O-])c1ccc2ccc3ccc4ccc5cccc6c1c2c3c4c56. The van der Waals surface area contributed by atoms with Crippen LogP contribution >= 0.6 is 0 Å². The second-order valence-electron chi connectivity index (χ2n) is 6.61. The Bertz CT molecular complexity index is 1460. The van der Waals surface area contributed by atoms with Gasteiger partial charge in [-0.05, 0) is 49.2 Å². The van der Waals surface area contributed by atoms with Gasteiger partial charge in [-0.2, -0.15) is 0 Å². The molecule has 6 aromatic rings. The predicted molar refractivity (Wildman–Crippen MR) is 103 cm³/mol. The molecule has 0 atom stereocenters. The molecule has 0 aromatic heterocycles. The van der Waals surface area contributed by atoms with Gasteiger partial charge in [0, 0.05) is 11.5 Å². The summed E-state index contributed by atoms with van der Waals surface area (Å²) in [5.74, 6) is 0. The van der Waals surface area contributed by atoms with Gasteiger partial charge in [-0.25, -0.2) is 0 Å². The molecular formula is C22H11NO2. The van der Waals surface area contributed by atoms with E-state index in [1.165, 1.54) is 10.8 Å². The quantitative estimate of drug-likeness (QED) is 0.156. The van der Waals surface area contributed by atoms with Crippen LogP contribution in [0, 0.1) is 10.1 Å². The van der Waals surface area contributed by atoms with Crippen LogP contribution in [0.2, 0.25) is 0 Å². The topological polar surface area (TPSA) is 43.1 Å². The van der Waals surface area contributed by atoms with Crippen LogP contribution in [-0.4, -0.2) is 4.92 Å². The molecular weight excluding hydrogens is 310 g/mol. The minimum atomic E-state index is -0.263. The van der Waals surface area contributed by atoms with Crippen LogP contribution in [0.25, 0.3) is 53.9 Å². The molecule has 0 unspecified atom stereocenters. The number of hydrogen-bond donors (Lipinski definition) is 0. The maximum atomic E-state index is 11.7. The van der Waals surface area contributed by atoms with E-state index in [4.69, 9.17) is 0 Å². The van der Waals surface area contributed by atoms with E-state index >= 15 is 0 Å². The number of rotatable bonds is 1. The van der Waals surface area contributed by atoms with Crippen molar-refractivity contribution >= 4 is 59.5 Å². The summed E-state index contributed by atoms with van der Waals surface area (Å²) in [4.78, 5) is 11.5. The first-order chi connectivity index (χ1) is 12.2. The van der Waals surface area contributed by atoms with E-state index in [-0.39, 0.29) is 10.6 Å². The fourth-order valence-corrected chi connectivity index (χ4v) is 4.45. The number of benzene rings is 6. The molecule has 0 bridgehead atoms. The molecule has 0 amide bonds. The summed E-state index contributed by atoms with van der Waals surface area (Å²) in [6, 6.07) is 22.2. The van der Waals surface area contributed by atoms with Crippen molar-refractivity contribution in [2.75, 3.05) is 0 Å². The number of hydrogen-bond acceptors (Lipinski definition) is 2. The minimum absolute atomic E-state index is 0.180. The highest BCUT2D eigenvalue weighted by Crippen LogP contribution is 2.47. The van der Waals surface area contributed by atoms with Crippen molar-refractivity contribution in [3.8, 4) is 0 Å². The van der Waals surface area contributed by atoms with E-state index in [1.807, 2.05) is 18.2 Å². The Labute approximate surface area is 141 Å². The summed E-state index contributed by atoms with van der Waals surface area (Å²) in [5.41, 5.74) is 0.180. The van der Waals surface area contributed by atoms with Crippen LogP contribution in [0.15, 0.2) is 66.7 Å². The van der Waals surface area contributed by atoms with Gasteiger partial charge in [0.2, 0.25) is 0 Å². The van der Waals surface area contributed by atoms with Gasteiger partial charge in [0.05, 0.1) is 10.3 Å². The van der Waals surface area contributed by atoms with E-state index in [1.54, 1.807) is 6.07 Å². The molecule has 0 saturated carbocycles. The van der Waals surface area contributed by atoms with Gasteiger partial charge < -0.3 is 0 Å². The zero-order valence-corrected chi connectivity index (χ0v) is 13.1. The van der Waals surface area contributed by atoms with Gasteiger partial charge >= 0.3 is 0 Å². The molecule has 0 aliphatic carbocycles. The molecule has 25 heavy (non-hydrogen) atoms. The fraction of sp³-hybridized carbons (Fsp3) is 0. The first-order valence-corrected chi connectivity index (χ1v) is 8.23. The van der Waals surface area contributed by atoms with Gasteiger partial charge in [-0.15, -0.1) is 0 Å². The second-order valence-corrected chi connectivity index (χ2v) is 6.61. The van der Waals surface area contributed by atoms with Crippen molar-refractivity contribution in [3.63, 3.8) is 0 Å². The van der Waals surface area contributed by atoms with E-state index in [2.05, 4.69) is 42.5 Å². The highest BCUT2D eigenvalue weighted by Gasteiger charge is 2.22. The van der Waals surface area contributed by atoms with Crippen LogP contribution < -0.4 is 0 Å². The summed E-state index contributed by atoms with van der Waals surface area (Å²) in [5, 5.41) is 22.4. The Morgan fingerprint density at radius 1 is 0.560 bits per heavy atom. The summed E-state index contributed by atoms with van der Waals surface area (Å²) in [6.07, 6.45) is 0. The zero-order chi connectivity index (χ0) is 16.7. The Kier molecular flexibility index (Phi) is 2.13. The lowest BCUT2D eigenvalue weighted by atomic mass is 9.85. The molecule has 0 heterocycles. The zero-order valence-electron chi connectivity index (χ0n) is 13.1. The molecule has 3 nitrogen and oxygen atoms in total. The molecule has 0 saturated heterocycles. The average molecular weight is 321 g/mol. The lowest BCUT2D eigenvalue weighted by Crippen LogP contribution is -1.94. The highest BCUT2D eigenvalue weighted by atomic mass is 16.6. The van der Waals surface area contributed by atoms with Crippen molar-refractivity contribution in [3.05, 3.63) is 76.8 Å². The predicted octanol–water partition coefficient (Wildman–Crippen LogP) is 6.24. The first-order valence-electron chi connectivity index (χ1n) is 8.23. The summed E-state index contributed by atoms with van der Waals surface area (Å²) < 4.78 is 0. The van der Waals surface area contributed by atoms with Crippen LogP contribution in [0.1, 0.15) is 0 Å². The number of fused-ring (bicyclic) bond motifs is 1. The normalized spacial score (nSPS) is 12.3. The third-order valence-electron chi connectivity index (χ3n) is 5.43. The highest BCUT2D eigenvalue weighted by molar-refractivity contribution is 6.40. The number of nitrogens with zero attached hydrogens (tertiary/aromatic N) is 1. The van der Waals surface area contributed by atoms with E-state index in [0.29, 0.717) is 0 Å². The largest absolute Gasteiger partial charge is 0.277 e. The van der Waals surface area contributed by atoms with Crippen LogP contribution in [0.3, 0.4) is 0 Å². The number of nitro groups is 1. The van der Waals surface area contributed by atoms with Crippen molar-refractivity contribution in [1.29, 1.82) is 0 Å². The van der Waals surface area contributed by atoms with Crippen molar-refractivity contribution in [1.82, 2.24) is 0 Å². The Balaban J connectivity index is 2.16. The fourth-order valence-electron chi connectivity index (χ4n) is 4.45. The maximum absolute atomic E-state index is 11.7. The molecule has 3 heteroatoms. The molecule has 0 aliphatic heterocycles. The van der Waals surface area contributed by atoms with Crippen molar-refractivity contribution in [2.45, 2.75) is 0 Å². The Morgan fingerprint density at radius 3 is 1.64 bits per heavy atom. The molecule has 0 N–H and O–H groups in total. The van der Waals surface area contributed by atoms with E-state index < -0.39 is 0 Å². The number of nitro benzene ring substituents is 1. The van der Waals surface area contributed by atoms with Crippen LogP contribution in [0.5, 0.6) is 0 Å².